The maximum Gasteiger partial charge on any atom is 0.431 e. The molecule has 2 rings (SSSR count). The molecule has 1 aromatic carbocycles. The zero-order chi connectivity index (χ0) is 17.5. The first-order valence-corrected chi connectivity index (χ1v) is 6.69. The van der Waals surface area contributed by atoms with Crippen LogP contribution in [0.1, 0.15) is 23.0 Å². The Balaban J connectivity index is 2.74. The lowest BCUT2D eigenvalue weighted by Crippen LogP contribution is -2.26. The van der Waals surface area contributed by atoms with Crippen molar-refractivity contribution in [1.29, 1.82) is 0 Å². The van der Waals surface area contributed by atoms with Gasteiger partial charge in [-0.1, -0.05) is 11.6 Å². The van der Waals surface area contributed by atoms with Crippen LogP contribution in [0.5, 0.6) is 0 Å². The van der Waals surface area contributed by atoms with Gasteiger partial charge in [0.05, 0.1) is 10.6 Å². The van der Waals surface area contributed by atoms with Crippen LogP contribution >= 0.6 is 11.6 Å². The largest absolute Gasteiger partial charge is 0.431 e. The lowest BCUT2D eigenvalue weighted by Gasteiger charge is -2.14. The van der Waals surface area contributed by atoms with Gasteiger partial charge in [-0.05, 0) is 31.2 Å². The van der Waals surface area contributed by atoms with E-state index in [-0.39, 0.29) is 21.7 Å². The van der Waals surface area contributed by atoms with E-state index in [1.165, 1.54) is 6.92 Å². The van der Waals surface area contributed by atoms with E-state index < -0.39 is 29.0 Å². The number of benzene rings is 1. The third-order valence-corrected chi connectivity index (χ3v) is 3.63. The molecule has 0 amide bonds. The summed E-state index contributed by atoms with van der Waals surface area (Å²) in [4.78, 5) is 23.6. The average Bonchev–Trinajstić information content (AvgIpc) is 2.40. The fourth-order valence-corrected chi connectivity index (χ4v) is 2.43. The van der Waals surface area contributed by atoms with Gasteiger partial charge in [0.25, 0.3) is 5.56 Å². The van der Waals surface area contributed by atoms with Gasteiger partial charge in [-0.25, -0.2) is 4.39 Å². The second-order valence-corrected chi connectivity index (χ2v) is 5.27. The fourth-order valence-electron chi connectivity index (χ4n) is 2.15. The fraction of sp³-hybridized carbons (Fsp3) is 0.200. The number of nitrogens with zero attached hydrogens (tertiary/aromatic N) is 1. The molecule has 3 nitrogen and oxygen atoms in total. The number of hydrogen-bond acceptors (Lipinski definition) is 2. The van der Waals surface area contributed by atoms with Crippen LogP contribution in [0.15, 0.2) is 29.1 Å². The van der Waals surface area contributed by atoms with E-state index in [0.717, 1.165) is 25.2 Å². The molecule has 0 fully saturated rings. The highest BCUT2D eigenvalue weighted by molar-refractivity contribution is 6.34. The Labute approximate surface area is 133 Å². The van der Waals surface area contributed by atoms with Crippen molar-refractivity contribution in [2.75, 3.05) is 0 Å². The Morgan fingerprint density at radius 3 is 2.30 bits per heavy atom. The van der Waals surface area contributed by atoms with Crippen molar-refractivity contribution in [2.24, 2.45) is 7.05 Å². The predicted molar refractivity (Wildman–Crippen MR) is 77.1 cm³/mol. The predicted octanol–water partition coefficient (Wildman–Crippen LogP) is 4.07. The van der Waals surface area contributed by atoms with Crippen molar-refractivity contribution in [3.05, 3.63) is 56.7 Å². The summed E-state index contributed by atoms with van der Waals surface area (Å²) in [5.41, 5.74) is -2.79. The van der Waals surface area contributed by atoms with Crippen LogP contribution in [0, 0.1) is 5.82 Å². The van der Waals surface area contributed by atoms with E-state index in [4.69, 9.17) is 11.6 Å². The van der Waals surface area contributed by atoms with E-state index in [9.17, 15) is 27.2 Å². The molecule has 0 spiro atoms. The second kappa shape index (κ2) is 5.81. The Bertz CT molecular complexity index is 856. The topological polar surface area (TPSA) is 39.1 Å². The molecule has 0 saturated heterocycles. The second-order valence-electron chi connectivity index (χ2n) is 4.86. The van der Waals surface area contributed by atoms with Crippen LogP contribution in [0.4, 0.5) is 17.6 Å². The molecular weight excluding hydrogens is 338 g/mol. The molecule has 2 aromatic rings. The highest BCUT2D eigenvalue weighted by atomic mass is 35.5. The molecule has 122 valence electrons. The molecule has 0 aliphatic rings. The third-order valence-electron chi connectivity index (χ3n) is 3.32. The molecule has 0 aliphatic heterocycles. The van der Waals surface area contributed by atoms with Crippen molar-refractivity contribution in [1.82, 2.24) is 4.57 Å². The Hall–Kier alpha value is -2.15. The molecule has 0 atom stereocenters. The van der Waals surface area contributed by atoms with E-state index in [0.29, 0.717) is 10.6 Å². The zero-order valence-electron chi connectivity index (χ0n) is 12.0. The van der Waals surface area contributed by atoms with Gasteiger partial charge in [-0.15, -0.1) is 0 Å². The molecule has 0 unspecified atom stereocenters. The normalized spacial score (nSPS) is 11.6. The van der Waals surface area contributed by atoms with Crippen molar-refractivity contribution >= 4 is 17.4 Å². The molecule has 0 aliphatic carbocycles. The van der Waals surface area contributed by atoms with Gasteiger partial charge < -0.3 is 4.57 Å². The SMILES string of the molecule is CC(=O)c1cc(-c2ccc(C(F)(F)F)n(C)c2=O)c(F)cc1Cl. The van der Waals surface area contributed by atoms with E-state index in [1.807, 2.05) is 0 Å². The van der Waals surface area contributed by atoms with Gasteiger partial charge >= 0.3 is 6.18 Å². The first kappa shape index (κ1) is 17.2. The third kappa shape index (κ3) is 3.14. The van der Waals surface area contributed by atoms with E-state index >= 15 is 0 Å². The monoisotopic (exact) mass is 347 g/mol. The summed E-state index contributed by atoms with van der Waals surface area (Å²) >= 11 is 5.75. The molecule has 0 N–H and O–H groups in total. The van der Waals surface area contributed by atoms with Gasteiger partial charge in [0.2, 0.25) is 0 Å². The van der Waals surface area contributed by atoms with Crippen molar-refractivity contribution in [3.8, 4) is 11.1 Å². The number of Topliss-reactive ketones (excluding diaryl/α,β-unsaturated/α-hetero) is 1. The van der Waals surface area contributed by atoms with Crippen LogP contribution < -0.4 is 5.56 Å². The van der Waals surface area contributed by atoms with Gasteiger partial charge in [0, 0.05) is 18.2 Å². The molecule has 1 heterocycles. The summed E-state index contributed by atoms with van der Waals surface area (Å²) < 4.78 is 52.8. The molecule has 0 bridgehead atoms. The van der Waals surface area contributed by atoms with Gasteiger partial charge in [-0.3, -0.25) is 9.59 Å². The highest BCUT2D eigenvalue weighted by Crippen LogP contribution is 2.31. The number of alkyl halides is 3. The molecule has 8 heteroatoms. The van der Waals surface area contributed by atoms with Crippen molar-refractivity contribution < 1.29 is 22.4 Å². The summed E-state index contributed by atoms with van der Waals surface area (Å²) in [7, 11) is 0.939. The Morgan fingerprint density at radius 2 is 1.78 bits per heavy atom. The maximum absolute atomic E-state index is 14.1. The quantitative estimate of drug-likeness (QED) is 0.607. The lowest BCUT2D eigenvalue weighted by molar-refractivity contribution is -0.143. The molecule has 0 radical (unpaired) electrons. The van der Waals surface area contributed by atoms with Crippen LogP contribution in [-0.4, -0.2) is 10.4 Å². The summed E-state index contributed by atoms with van der Waals surface area (Å²) in [5.74, 6) is -1.36. The van der Waals surface area contributed by atoms with Crippen LogP contribution in [-0.2, 0) is 13.2 Å². The highest BCUT2D eigenvalue weighted by Gasteiger charge is 2.34. The Morgan fingerprint density at radius 1 is 1.17 bits per heavy atom. The number of carbonyl (C=O) groups is 1. The van der Waals surface area contributed by atoms with E-state index in [1.54, 1.807) is 0 Å². The molecule has 1 aromatic heterocycles. The number of pyridine rings is 1. The van der Waals surface area contributed by atoms with Gasteiger partial charge in [0.15, 0.2) is 5.78 Å². The van der Waals surface area contributed by atoms with Gasteiger partial charge in [-0.2, -0.15) is 13.2 Å². The minimum absolute atomic E-state index is 0.0231. The summed E-state index contributed by atoms with van der Waals surface area (Å²) in [6.45, 7) is 1.20. The van der Waals surface area contributed by atoms with Gasteiger partial charge in [0.1, 0.15) is 11.5 Å². The number of halogens is 5. The average molecular weight is 348 g/mol. The first-order chi connectivity index (χ1) is 10.5. The lowest BCUT2D eigenvalue weighted by atomic mass is 10.0. The van der Waals surface area contributed by atoms with E-state index in [2.05, 4.69) is 0 Å². The zero-order valence-corrected chi connectivity index (χ0v) is 12.7. The minimum atomic E-state index is -4.71. The molecule has 23 heavy (non-hydrogen) atoms. The van der Waals surface area contributed by atoms with Crippen molar-refractivity contribution in [3.63, 3.8) is 0 Å². The molecular formula is C15H10ClF4NO2. The van der Waals surface area contributed by atoms with Crippen LogP contribution in [0.25, 0.3) is 11.1 Å². The number of hydrogen-bond donors (Lipinski definition) is 0. The van der Waals surface area contributed by atoms with Crippen LogP contribution in [0.3, 0.4) is 0 Å². The number of rotatable bonds is 2. The number of carbonyl (C=O) groups excluding carboxylic acids is 1. The first-order valence-electron chi connectivity index (χ1n) is 6.31. The summed E-state index contributed by atoms with van der Waals surface area (Å²) in [6, 6.07) is 3.47. The summed E-state index contributed by atoms with van der Waals surface area (Å²) in [5, 5.41) is -0.137. The minimum Gasteiger partial charge on any atom is -0.307 e. The number of aromatic nitrogens is 1. The molecule has 0 saturated carbocycles. The van der Waals surface area contributed by atoms with Crippen molar-refractivity contribution in [2.45, 2.75) is 13.1 Å². The van der Waals surface area contributed by atoms with Crippen LogP contribution in [0.2, 0.25) is 5.02 Å². The summed E-state index contributed by atoms with van der Waals surface area (Å²) in [6.07, 6.45) is -4.71. The smallest absolute Gasteiger partial charge is 0.307 e. The maximum atomic E-state index is 14.1. The Kier molecular flexibility index (Phi) is 4.34. The number of ketones is 1. The standard InChI is InChI=1S/C15H10ClF4NO2/c1-7(22)9-5-10(12(17)6-11(9)16)8-3-4-13(15(18,19)20)21(2)14(8)23/h3-6H,1-2H3.